The number of nitro groups is 1. The van der Waals surface area contributed by atoms with Crippen molar-refractivity contribution in [3.8, 4) is 0 Å². The van der Waals surface area contributed by atoms with Crippen molar-refractivity contribution in [2.75, 3.05) is 23.7 Å². The number of β-amino-alcohol motifs (C(OH)–C–C–N with tert-alkyl or cyclic N) is 1. The second-order valence-electron chi connectivity index (χ2n) is 4.89. The van der Waals surface area contributed by atoms with Gasteiger partial charge in [-0.25, -0.2) is 4.98 Å². The molecule has 0 radical (unpaired) electrons. The molecule has 2 rings (SSSR count). The van der Waals surface area contributed by atoms with Crippen molar-refractivity contribution in [3.05, 3.63) is 22.2 Å². The van der Waals surface area contributed by atoms with Crippen LogP contribution in [-0.2, 0) is 0 Å². The largest absolute Gasteiger partial charge is 0.388 e. The number of nitrogen functional groups attached to an aromatic ring is 1. The van der Waals surface area contributed by atoms with Gasteiger partial charge in [0.15, 0.2) is 0 Å². The quantitative estimate of drug-likeness (QED) is 0.599. The minimum Gasteiger partial charge on any atom is -0.388 e. The van der Waals surface area contributed by atoms with E-state index in [1.54, 1.807) is 6.92 Å². The number of aliphatic hydroxyl groups is 1. The van der Waals surface area contributed by atoms with Crippen molar-refractivity contribution < 1.29 is 10.0 Å². The predicted molar refractivity (Wildman–Crippen MR) is 67.4 cm³/mol. The molecule has 0 amide bonds. The van der Waals surface area contributed by atoms with E-state index in [1.807, 2.05) is 4.90 Å². The van der Waals surface area contributed by atoms with E-state index in [-0.39, 0.29) is 11.5 Å². The first-order valence-electron chi connectivity index (χ1n) is 5.77. The van der Waals surface area contributed by atoms with E-state index in [9.17, 15) is 15.2 Å². The maximum Gasteiger partial charge on any atom is 0.276 e. The van der Waals surface area contributed by atoms with Crippen LogP contribution in [0.15, 0.2) is 12.1 Å². The van der Waals surface area contributed by atoms with E-state index in [4.69, 9.17) is 5.73 Å². The van der Waals surface area contributed by atoms with Gasteiger partial charge in [-0.15, -0.1) is 0 Å². The summed E-state index contributed by atoms with van der Waals surface area (Å²) in [5.74, 6) is 0.561. The molecule has 1 aromatic rings. The van der Waals surface area contributed by atoms with Crippen molar-refractivity contribution in [1.29, 1.82) is 0 Å². The smallest absolute Gasteiger partial charge is 0.276 e. The summed E-state index contributed by atoms with van der Waals surface area (Å²) in [7, 11) is 0. The zero-order chi connectivity index (χ0) is 13.3. The van der Waals surface area contributed by atoms with Crippen LogP contribution in [0.3, 0.4) is 0 Å². The second-order valence-corrected chi connectivity index (χ2v) is 4.89. The van der Waals surface area contributed by atoms with Gasteiger partial charge in [0.1, 0.15) is 11.6 Å². The summed E-state index contributed by atoms with van der Waals surface area (Å²) in [4.78, 5) is 16.2. The third kappa shape index (κ3) is 2.67. The van der Waals surface area contributed by atoms with Gasteiger partial charge in [0, 0.05) is 13.1 Å². The molecule has 1 fully saturated rings. The summed E-state index contributed by atoms with van der Waals surface area (Å²) in [5, 5.41) is 20.8. The van der Waals surface area contributed by atoms with E-state index >= 15 is 0 Å². The van der Waals surface area contributed by atoms with Crippen LogP contribution in [0, 0.1) is 10.1 Å². The third-order valence-corrected chi connectivity index (χ3v) is 3.03. The lowest BCUT2D eigenvalue weighted by molar-refractivity contribution is -0.384. The van der Waals surface area contributed by atoms with Crippen LogP contribution in [0.5, 0.6) is 0 Å². The predicted octanol–water partition coefficient (Wildman–Crippen LogP) is 0.923. The molecule has 0 aromatic carbocycles. The van der Waals surface area contributed by atoms with Gasteiger partial charge in [0.05, 0.1) is 22.7 Å². The SMILES string of the molecule is CC1(O)CCCN(c2cc([N+](=O)[O-])cc(N)n2)C1. The minimum absolute atomic E-state index is 0.0808. The standard InChI is InChI=1S/C11H16N4O3/c1-11(16)3-2-4-14(7-11)10-6-8(15(17)18)5-9(12)13-10/h5-6,16H,2-4,7H2,1H3,(H2,12,13). The van der Waals surface area contributed by atoms with Gasteiger partial charge in [-0.3, -0.25) is 10.1 Å². The van der Waals surface area contributed by atoms with E-state index in [0.29, 0.717) is 25.3 Å². The molecule has 7 nitrogen and oxygen atoms in total. The Kier molecular flexibility index (Phi) is 3.08. The molecule has 1 unspecified atom stereocenters. The summed E-state index contributed by atoms with van der Waals surface area (Å²) in [6, 6.07) is 2.61. The van der Waals surface area contributed by atoms with Crippen molar-refractivity contribution in [3.63, 3.8) is 0 Å². The number of piperidine rings is 1. The average Bonchev–Trinajstić information content (AvgIpc) is 2.26. The van der Waals surface area contributed by atoms with Crippen LogP contribution >= 0.6 is 0 Å². The van der Waals surface area contributed by atoms with E-state index in [0.717, 1.165) is 6.42 Å². The summed E-state index contributed by atoms with van der Waals surface area (Å²) in [5.41, 5.74) is 4.69. The highest BCUT2D eigenvalue weighted by Gasteiger charge is 2.29. The van der Waals surface area contributed by atoms with Gasteiger partial charge in [-0.05, 0) is 19.8 Å². The van der Waals surface area contributed by atoms with Crippen LogP contribution in [0.25, 0.3) is 0 Å². The monoisotopic (exact) mass is 252 g/mol. The van der Waals surface area contributed by atoms with Crippen LogP contribution in [0.1, 0.15) is 19.8 Å². The van der Waals surface area contributed by atoms with E-state index in [2.05, 4.69) is 4.98 Å². The molecule has 1 aliphatic heterocycles. The van der Waals surface area contributed by atoms with E-state index < -0.39 is 10.5 Å². The maximum atomic E-state index is 10.8. The fourth-order valence-electron chi connectivity index (χ4n) is 2.21. The van der Waals surface area contributed by atoms with Crippen molar-refractivity contribution >= 4 is 17.3 Å². The fourth-order valence-corrected chi connectivity index (χ4v) is 2.21. The molecule has 1 aromatic heterocycles. The number of hydrogen-bond acceptors (Lipinski definition) is 6. The normalized spacial score (nSPS) is 24.0. The second kappa shape index (κ2) is 4.41. The molecule has 1 atom stereocenters. The Morgan fingerprint density at radius 2 is 2.33 bits per heavy atom. The highest BCUT2D eigenvalue weighted by atomic mass is 16.6. The van der Waals surface area contributed by atoms with Crippen molar-refractivity contribution in [1.82, 2.24) is 4.98 Å². The zero-order valence-corrected chi connectivity index (χ0v) is 10.2. The molecule has 18 heavy (non-hydrogen) atoms. The van der Waals surface area contributed by atoms with Gasteiger partial charge in [-0.1, -0.05) is 0 Å². The molecule has 0 bridgehead atoms. The Bertz CT molecular complexity index is 475. The highest BCUT2D eigenvalue weighted by molar-refractivity contribution is 5.54. The Morgan fingerprint density at radius 1 is 1.61 bits per heavy atom. The van der Waals surface area contributed by atoms with Gasteiger partial charge >= 0.3 is 0 Å². The van der Waals surface area contributed by atoms with Gasteiger partial charge in [0.25, 0.3) is 5.69 Å². The number of nitrogens with zero attached hydrogens (tertiary/aromatic N) is 3. The lowest BCUT2D eigenvalue weighted by atomic mass is 9.95. The lowest BCUT2D eigenvalue weighted by Gasteiger charge is -2.37. The Morgan fingerprint density at radius 3 is 2.94 bits per heavy atom. The first-order valence-corrected chi connectivity index (χ1v) is 5.77. The molecule has 1 saturated heterocycles. The molecule has 0 saturated carbocycles. The van der Waals surface area contributed by atoms with E-state index in [1.165, 1.54) is 12.1 Å². The number of nitrogens with two attached hydrogens (primary N) is 1. The van der Waals surface area contributed by atoms with Gasteiger partial charge in [-0.2, -0.15) is 0 Å². The molecule has 2 heterocycles. The van der Waals surface area contributed by atoms with Gasteiger partial charge in [0.2, 0.25) is 0 Å². The molecule has 98 valence electrons. The molecule has 0 aliphatic carbocycles. The summed E-state index contributed by atoms with van der Waals surface area (Å²) >= 11 is 0. The fraction of sp³-hybridized carbons (Fsp3) is 0.545. The molecule has 0 spiro atoms. The average molecular weight is 252 g/mol. The van der Waals surface area contributed by atoms with Crippen LogP contribution < -0.4 is 10.6 Å². The Labute approximate surface area is 104 Å². The summed E-state index contributed by atoms with van der Waals surface area (Å²) in [6.07, 6.45) is 1.53. The van der Waals surface area contributed by atoms with Crippen molar-refractivity contribution in [2.24, 2.45) is 0 Å². The molecular weight excluding hydrogens is 236 g/mol. The van der Waals surface area contributed by atoms with Gasteiger partial charge < -0.3 is 15.7 Å². The lowest BCUT2D eigenvalue weighted by Crippen LogP contribution is -2.46. The highest BCUT2D eigenvalue weighted by Crippen LogP contribution is 2.27. The topological polar surface area (TPSA) is 106 Å². The third-order valence-electron chi connectivity index (χ3n) is 3.03. The molecule has 7 heteroatoms. The number of rotatable bonds is 2. The van der Waals surface area contributed by atoms with Crippen LogP contribution in [0.4, 0.5) is 17.3 Å². The molecular formula is C11H16N4O3. The number of pyridine rings is 1. The van der Waals surface area contributed by atoms with Crippen molar-refractivity contribution in [2.45, 2.75) is 25.4 Å². The first-order chi connectivity index (χ1) is 8.37. The summed E-state index contributed by atoms with van der Waals surface area (Å²) < 4.78 is 0. The summed E-state index contributed by atoms with van der Waals surface area (Å²) in [6.45, 7) is 2.87. The number of anilines is 2. The van der Waals surface area contributed by atoms with Crippen LogP contribution in [0.2, 0.25) is 0 Å². The Hall–Kier alpha value is -1.89. The Balaban J connectivity index is 2.30. The minimum atomic E-state index is -0.792. The first kappa shape index (κ1) is 12.6. The molecule has 1 aliphatic rings. The zero-order valence-electron chi connectivity index (χ0n) is 10.2. The number of hydrogen-bond donors (Lipinski definition) is 2. The van der Waals surface area contributed by atoms with Crippen LogP contribution in [-0.4, -0.2) is 33.7 Å². The number of aromatic nitrogens is 1. The maximum absolute atomic E-state index is 10.8. The molecule has 3 N–H and O–H groups in total.